The van der Waals surface area contributed by atoms with E-state index in [2.05, 4.69) is 16.8 Å². The fraction of sp³-hybridized carbons (Fsp3) is 0.481. The molecule has 1 saturated carbocycles. The largest absolute Gasteiger partial charge is 0.385 e. The maximum absolute atomic E-state index is 13.5. The summed E-state index contributed by atoms with van der Waals surface area (Å²) in [6.07, 6.45) is 6.38. The molecule has 2 aromatic carbocycles. The Morgan fingerprint density at radius 1 is 0.938 bits per heavy atom. The molecule has 2 aromatic rings. The fourth-order valence-electron chi connectivity index (χ4n) is 5.14. The normalized spacial score (nSPS) is 26.9. The molecule has 2 atom stereocenters. The Bertz CT molecular complexity index is 904. The predicted molar refractivity (Wildman–Crippen MR) is 125 cm³/mol. The van der Waals surface area contributed by atoms with Crippen LogP contribution in [0.2, 0.25) is 0 Å². The standard InChI is InChI=1S/C27H34F2N2O/c1-30-14-16-31(17-15-30)20-24-5-3-2-4-23(18-21-6-10-25(28)11-7-21)27(24,32)19-22-8-12-26(29)13-9-22/h6-13,18,24,32H,2-5,14-17,19-20H2,1H3/b23-18-. The van der Waals surface area contributed by atoms with E-state index in [1.807, 2.05) is 6.08 Å². The van der Waals surface area contributed by atoms with E-state index in [1.165, 1.54) is 24.3 Å². The zero-order valence-electron chi connectivity index (χ0n) is 18.9. The maximum Gasteiger partial charge on any atom is 0.123 e. The van der Waals surface area contributed by atoms with Crippen molar-refractivity contribution in [2.24, 2.45) is 5.92 Å². The molecule has 172 valence electrons. The average molecular weight is 441 g/mol. The van der Waals surface area contributed by atoms with Gasteiger partial charge in [-0.2, -0.15) is 0 Å². The lowest BCUT2D eigenvalue weighted by Gasteiger charge is -2.42. The number of benzene rings is 2. The molecule has 0 bridgehead atoms. The molecule has 1 saturated heterocycles. The summed E-state index contributed by atoms with van der Waals surface area (Å²) >= 11 is 0. The topological polar surface area (TPSA) is 26.7 Å². The second-order valence-corrected chi connectivity index (χ2v) is 9.50. The zero-order valence-corrected chi connectivity index (χ0v) is 18.9. The molecule has 2 unspecified atom stereocenters. The first kappa shape index (κ1) is 23.1. The Morgan fingerprint density at radius 3 is 2.22 bits per heavy atom. The summed E-state index contributed by atoms with van der Waals surface area (Å²) in [5.41, 5.74) is 1.82. The van der Waals surface area contributed by atoms with Crippen LogP contribution >= 0.6 is 0 Å². The van der Waals surface area contributed by atoms with Crippen LogP contribution in [0.3, 0.4) is 0 Å². The number of hydrogen-bond donors (Lipinski definition) is 1. The van der Waals surface area contributed by atoms with E-state index in [4.69, 9.17) is 0 Å². The van der Waals surface area contributed by atoms with Gasteiger partial charge >= 0.3 is 0 Å². The number of nitrogens with zero attached hydrogens (tertiary/aromatic N) is 2. The van der Waals surface area contributed by atoms with Crippen LogP contribution in [0, 0.1) is 17.6 Å². The van der Waals surface area contributed by atoms with Crippen LogP contribution in [0.15, 0.2) is 54.1 Å². The number of likely N-dealkylation sites (N-methyl/N-ethyl adjacent to an activating group) is 1. The summed E-state index contributed by atoms with van der Waals surface area (Å²) in [6.45, 7) is 4.96. The highest BCUT2D eigenvalue weighted by atomic mass is 19.1. The summed E-state index contributed by atoms with van der Waals surface area (Å²) in [5, 5.41) is 12.3. The third-order valence-corrected chi connectivity index (χ3v) is 7.15. The maximum atomic E-state index is 13.5. The van der Waals surface area contributed by atoms with Gasteiger partial charge in [-0.25, -0.2) is 8.78 Å². The highest BCUT2D eigenvalue weighted by Gasteiger charge is 2.42. The van der Waals surface area contributed by atoms with Gasteiger partial charge in [-0.3, -0.25) is 0 Å². The van der Waals surface area contributed by atoms with E-state index in [-0.39, 0.29) is 17.6 Å². The monoisotopic (exact) mass is 440 g/mol. The van der Waals surface area contributed by atoms with E-state index in [0.717, 1.165) is 75.1 Å². The van der Waals surface area contributed by atoms with Crippen molar-refractivity contribution >= 4 is 6.08 Å². The Hall–Kier alpha value is -2.08. The lowest BCUT2D eigenvalue weighted by molar-refractivity contribution is -0.00644. The van der Waals surface area contributed by atoms with E-state index in [1.54, 1.807) is 24.3 Å². The van der Waals surface area contributed by atoms with E-state index < -0.39 is 5.60 Å². The minimum atomic E-state index is -1.02. The number of hydrogen-bond acceptors (Lipinski definition) is 3. The van der Waals surface area contributed by atoms with Gasteiger partial charge in [0.05, 0.1) is 5.60 Å². The van der Waals surface area contributed by atoms with Gasteiger partial charge in [0.25, 0.3) is 0 Å². The van der Waals surface area contributed by atoms with Crippen molar-refractivity contribution in [3.8, 4) is 0 Å². The Kier molecular flexibility index (Phi) is 7.39. The van der Waals surface area contributed by atoms with E-state index in [0.29, 0.717) is 6.42 Å². The van der Waals surface area contributed by atoms with Gasteiger partial charge in [-0.1, -0.05) is 36.8 Å². The van der Waals surface area contributed by atoms with Crippen molar-refractivity contribution in [2.45, 2.75) is 37.7 Å². The lowest BCUT2D eigenvalue weighted by Crippen LogP contribution is -2.51. The van der Waals surface area contributed by atoms with Gasteiger partial charge < -0.3 is 14.9 Å². The smallest absolute Gasteiger partial charge is 0.123 e. The molecule has 2 fully saturated rings. The molecule has 0 spiro atoms. The van der Waals surface area contributed by atoms with Crippen LogP contribution < -0.4 is 0 Å². The SMILES string of the molecule is CN1CCN(CC2CCCC/C(=C/c3ccc(F)cc3)C2(O)Cc2ccc(F)cc2)CC1. The van der Waals surface area contributed by atoms with Crippen molar-refractivity contribution in [2.75, 3.05) is 39.8 Å². The quantitative estimate of drug-likeness (QED) is 0.679. The lowest BCUT2D eigenvalue weighted by atomic mass is 9.74. The van der Waals surface area contributed by atoms with Crippen molar-refractivity contribution in [1.29, 1.82) is 0 Å². The summed E-state index contributed by atoms with van der Waals surface area (Å²) in [7, 11) is 2.15. The van der Waals surface area contributed by atoms with Crippen molar-refractivity contribution in [3.63, 3.8) is 0 Å². The predicted octanol–water partition coefficient (Wildman–Crippen LogP) is 4.76. The molecule has 0 aromatic heterocycles. The minimum absolute atomic E-state index is 0.0881. The van der Waals surface area contributed by atoms with Crippen molar-refractivity contribution in [3.05, 3.63) is 76.9 Å². The van der Waals surface area contributed by atoms with Gasteiger partial charge in [-0.15, -0.1) is 0 Å². The van der Waals surface area contributed by atoms with E-state index >= 15 is 0 Å². The van der Waals surface area contributed by atoms with Gasteiger partial charge in [0, 0.05) is 45.1 Å². The zero-order chi connectivity index (χ0) is 22.6. The molecule has 5 heteroatoms. The minimum Gasteiger partial charge on any atom is -0.385 e. The van der Waals surface area contributed by atoms with Gasteiger partial charge in [0.2, 0.25) is 0 Å². The van der Waals surface area contributed by atoms with Crippen LogP contribution in [0.1, 0.15) is 36.8 Å². The van der Waals surface area contributed by atoms with Crippen LogP contribution in [0.25, 0.3) is 6.08 Å². The number of aliphatic hydroxyl groups is 1. The summed E-state index contributed by atoms with van der Waals surface area (Å²) < 4.78 is 27.0. The number of rotatable bonds is 5. The molecule has 1 aliphatic heterocycles. The van der Waals surface area contributed by atoms with Gasteiger partial charge in [0.1, 0.15) is 11.6 Å². The van der Waals surface area contributed by atoms with Crippen LogP contribution in [-0.2, 0) is 6.42 Å². The molecule has 1 heterocycles. The molecular formula is C27H34F2N2O. The third kappa shape index (κ3) is 5.64. The highest BCUT2D eigenvalue weighted by molar-refractivity contribution is 5.56. The number of piperazine rings is 1. The highest BCUT2D eigenvalue weighted by Crippen LogP contribution is 2.41. The summed E-state index contributed by atoms with van der Waals surface area (Å²) in [4.78, 5) is 4.81. The summed E-state index contributed by atoms with van der Waals surface area (Å²) in [5.74, 6) is -0.439. The van der Waals surface area contributed by atoms with Crippen molar-refractivity contribution in [1.82, 2.24) is 9.80 Å². The molecule has 2 aliphatic rings. The third-order valence-electron chi connectivity index (χ3n) is 7.15. The fourth-order valence-corrected chi connectivity index (χ4v) is 5.14. The van der Waals surface area contributed by atoms with Crippen LogP contribution in [0.5, 0.6) is 0 Å². The first-order valence-corrected chi connectivity index (χ1v) is 11.8. The molecule has 4 rings (SSSR count). The molecule has 1 aliphatic carbocycles. The van der Waals surface area contributed by atoms with Gasteiger partial charge in [-0.05, 0) is 67.3 Å². The van der Waals surface area contributed by atoms with Crippen LogP contribution in [0.4, 0.5) is 8.78 Å². The molecule has 0 radical (unpaired) electrons. The first-order valence-electron chi connectivity index (χ1n) is 11.8. The molecule has 32 heavy (non-hydrogen) atoms. The number of halogens is 2. The van der Waals surface area contributed by atoms with Crippen LogP contribution in [-0.4, -0.2) is 60.3 Å². The average Bonchev–Trinajstić information content (AvgIpc) is 2.92. The van der Waals surface area contributed by atoms with Crippen molar-refractivity contribution < 1.29 is 13.9 Å². The Balaban J connectivity index is 1.67. The molecule has 0 amide bonds. The Morgan fingerprint density at radius 2 is 1.56 bits per heavy atom. The second-order valence-electron chi connectivity index (χ2n) is 9.50. The molecule has 1 N–H and O–H groups in total. The molecular weight excluding hydrogens is 406 g/mol. The Labute approximate surface area is 190 Å². The van der Waals surface area contributed by atoms with E-state index in [9.17, 15) is 13.9 Å². The summed E-state index contributed by atoms with van der Waals surface area (Å²) in [6, 6.07) is 12.9. The first-order chi connectivity index (χ1) is 15.4. The second kappa shape index (κ2) is 10.2. The van der Waals surface area contributed by atoms with Gasteiger partial charge in [0.15, 0.2) is 0 Å². The molecule has 3 nitrogen and oxygen atoms in total.